The molecule has 3 aromatic carbocycles. The van der Waals surface area contributed by atoms with E-state index in [2.05, 4.69) is 5.32 Å². The first-order valence-electron chi connectivity index (χ1n) is 11.7. The van der Waals surface area contributed by atoms with Gasteiger partial charge in [-0.2, -0.15) is 9.57 Å². The van der Waals surface area contributed by atoms with Crippen molar-refractivity contribution < 1.29 is 22.9 Å². The number of sulfonamides is 1. The highest BCUT2D eigenvalue weighted by molar-refractivity contribution is 7.89. The summed E-state index contributed by atoms with van der Waals surface area (Å²) in [6.45, 7) is 4.15. The number of carbonyl (C=O) groups excluding carboxylic acids is 1. The van der Waals surface area contributed by atoms with Crippen LogP contribution in [0, 0.1) is 35.3 Å². The molecule has 3 aromatic rings. The Kier molecular flexibility index (Phi) is 7.61. The molecule has 0 aliphatic carbocycles. The number of anilines is 1. The van der Waals surface area contributed by atoms with Crippen LogP contribution in [-0.4, -0.2) is 54.8 Å². The number of benzene rings is 3. The lowest BCUT2D eigenvalue weighted by Crippen LogP contribution is -2.51. The lowest BCUT2D eigenvalue weighted by molar-refractivity contribution is -0.384. The van der Waals surface area contributed by atoms with Crippen molar-refractivity contribution in [2.45, 2.75) is 18.7 Å². The van der Waals surface area contributed by atoms with Crippen LogP contribution in [-0.2, 0) is 10.0 Å². The summed E-state index contributed by atoms with van der Waals surface area (Å²) in [7, 11) is -4.05. The quantitative estimate of drug-likeness (QED) is 0.363. The van der Waals surface area contributed by atoms with Gasteiger partial charge in [-0.15, -0.1) is 0 Å². The van der Waals surface area contributed by atoms with E-state index in [9.17, 15) is 28.6 Å². The second-order valence-electron chi connectivity index (χ2n) is 8.82. The van der Waals surface area contributed by atoms with E-state index in [4.69, 9.17) is 4.74 Å². The molecule has 1 N–H and O–H groups in total. The van der Waals surface area contributed by atoms with Gasteiger partial charge in [-0.25, -0.2) is 13.2 Å². The second kappa shape index (κ2) is 10.9. The van der Waals surface area contributed by atoms with E-state index in [1.54, 1.807) is 12.1 Å². The summed E-state index contributed by atoms with van der Waals surface area (Å²) in [5.41, 5.74) is 2.39. The number of rotatable bonds is 6. The topological polar surface area (TPSA) is 146 Å². The number of nitrogens with one attached hydrogen (secondary N) is 1. The van der Waals surface area contributed by atoms with E-state index in [0.29, 0.717) is 11.4 Å². The number of hydrogen-bond donors (Lipinski definition) is 1. The Hall–Kier alpha value is -4.47. The van der Waals surface area contributed by atoms with Crippen LogP contribution in [0.4, 0.5) is 16.2 Å². The van der Waals surface area contributed by atoms with Crippen molar-refractivity contribution in [3.8, 4) is 17.6 Å². The normalized spacial score (nSPS) is 14.0. The van der Waals surface area contributed by atoms with Crippen LogP contribution >= 0.6 is 0 Å². The van der Waals surface area contributed by atoms with Gasteiger partial charge in [0.1, 0.15) is 16.4 Å². The molecule has 0 saturated carbocycles. The number of ether oxygens (including phenoxy) is 1. The van der Waals surface area contributed by atoms with Gasteiger partial charge in [0.15, 0.2) is 0 Å². The molecule has 0 aromatic heterocycles. The molecule has 38 heavy (non-hydrogen) atoms. The Morgan fingerprint density at radius 2 is 1.63 bits per heavy atom. The molecular formula is C26H25N5O6S. The molecule has 12 heteroatoms. The van der Waals surface area contributed by atoms with Gasteiger partial charge in [-0.3, -0.25) is 10.1 Å². The van der Waals surface area contributed by atoms with Crippen LogP contribution < -0.4 is 10.1 Å². The van der Waals surface area contributed by atoms with Crippen LogP contribution in [0.5, 0.6) is 11.5 Å². The maximum absolute atomic E-state index is 13.6. The molecule has 1 saturated heterocycles. The van der Waals surface area contributed by atoms with E-state index in [1.165, 1.54) is 51.7 Å². The van der Waals surface area contributed by atoms with Gasteiger partial charge in [0, 0.05) is 44.0 Å². The van der Waals surface area contributed by atoms with Gasteiger partial charge >= 0.3 is 6.03 Å². The molecule has 0 atom stereocenters. The molecule has 1 fully saturated rings. The van der Waals surface area contributed by atoms with Crippen LogP contribution in [0.25, 0.3) is 0 Å². The number of nitro groups is 1. The largest absolute Gasteiger partial charge is 0.456 e. The predicted molar refractivity (Wildman–Crippen MR) is 140 cm³/mol. The zero-order valence-electron chi connectivity index (χ0n) is 20.7. The molecule has 0 radical (unpaired) electrons. The SMILES string of the molecule is Cc1cc(C)cc(Oc2ccc(C#N)cc2S(=O)(=O)N2CCN(C(=O)Nc3ccc([N+](=O)[O-])cc3)CC2)c1. The van der Waals surface area contributed by atoms with E-state index in [0.717, 1.165) is 11.1 Å². The van der Waals surface area contributed by atoms with Gasteiger partial charge in [0.05, 0.1) is 16.6 Å². The zero-order valence-corrected chi connectivity index (χ0v) is 21.6. The molecule has 0 spiro atoms. The fraction of sp³-hybridized carbons (Fsp3) is 0.231. The Morgan fingerprint density at radius 3 is 2.21 bits per heavy atom. The standard InChI is InChI=1S/C26H25N5O6S/c1-18-13-19(2)15-23(14-18)37-24-8-3-20(17-27)16-25(24)38(35,36)30-11-9-29(10-12-30)26(32)28-21-4-6-22(7-5-21)31(33)34/h3-8,13-16H,9-12H2,1-2H3,(H,28,32). The van der Waals surface area contributed by atoms with E-state index >= 15 is 0 Å². The van der Waals surface area contributed by atoms with E-state index < -0.39 is 21.0 Å². The van der Waals surface area contributed by atoms with Crippen LogP contribution in [0.15, 0.2) is 65.6 Å². The summed E-state index contributed by atoms with van der Waals surface area (Å²) in [5, 5.41) is 22.8. The van der Waals surface area contributed by atoms with Crippen molar-refractivity contribution >= 4 is 27.4 Å². The number of non-ortho nitro benzene ring substituents is 1. The third kappa shape index (κ3) is 5.91. The van der Waals surface area contributed by atoms with Crippen molar-refractivity contribution in [3.63, 3.8) is 0 Å². The monoisotopic (exact) mass is 535 g/mol. The highest BCUT2D eigenvalue weighted by atomic mass is 32.2. The summed E-state index contributed by atoms with van der Waals surface area (Å²) >= 11 is 0. The first-order valence-corrected chi connectivity index (χ1v) is 13.1. The van der Waals surface area contributed by atoms with Gasteiger partial charge in [-0.1, -0.05) is 6.07 Å². The van der Waals surface area contributed by atoms with Gasteiger partial charge in [0.2, 0.25) is 10.0 Å². The van der Waals surface area contributed by atoms with Gasteiger partial charge in [0.25, 0.3) is 5.69 Å². The number of hydrogen-bond acceptors (Lipinski definition) is 7. The smallest absolute Gasteiger partial charge is 0.321 e. The molecule has 4 rings (SSSR count). The third-order valence-electron chi connectivity index (χ3n) is 5.97. The number of amides is 2. The minimum atomic E-state index is -4.05. The van der Waals surface area contributed by atoms with E-state index in [-0.39, 0.29) is 48.1 Å². The summed E-state index contributed by atoms with van der Waals surface area (Å²) in [4.78, 5) is 24.3. The molecule has 1 aliphatic heterocycles. The van der Waals surface area contributed by atoms with Crippen molar-refractivity contribution in [1.29, 1.82) is 5.26 Å². The molecule has 2 amide bonds. The van der Waals surface area contributed by atoms with Crippen molar-refractivity contribution in [2.75, 3.05) is 31.5 Å². The Balaban J connectivity index is 1.49. The van der Waals surface area contributed by atoms with Crippen molar-refractivity contribution in [3.05, 3.63) is 87.5 Å². The number of nitro benzene ring substituents is 1. The average Bonchev–Trinajstić information content (AvgIpc) is 2.88. The summed E-state index contributed by atoms with van der Waals surface area (Å²) < 4.78 is 34.5. The molecule has 11 nitrogen and oxygen atoms in total. The Labute approximate surface area is 220 Å². The number of nitriles is 1. The third-order valence-corrected chi connectivity index (χ3v) is 7.89. The number of aryl methyl sites for hydroxylation is 2. The minimum absolute atomic E-state index is 0.0375. The highest BCUT2D eigenvalue weighted by Crippen LogP contribution is 2.33. The number of nitrogens with zero attached hydrogens (tertiary/aromatic N) is 4. The number of carbonyl (C=O) groups is 1. The van der Waals surface area contributed by atoms with Crippen LogP contribution in [0.2, 0.25) is 0 Å². The predicted octanol–water partition coefficient (Wildman–Crippen LogP) is 4.41. The average molecular weight is 536 g/mol. The van der Waals surface area contributed by atoms with Crippen molar-refractivity contribution in [1.82, 2.24) is 9.21 Å². The molecule has 196 valence electrons. The van der Waals surface area contributed by atoms with Crippen LogP contribution in [0.1, 0.15) is 16.7 Å². The first kappa shape index (κ1) is 26.6. The van der Waals surface area contributed by atoms with Gasteiger partial charge < -0.3 is 15.0 Å². The molecule has 0 unspecified atom stereocenters. The molecule has 1 aliphatic rings. The Bertz CT molecular complexity index is 1500. The highest BCUT2D eigenvalue weighted by Gasteiger charge is 2.33. The zero-order chi connectivity index (χ0) is 27.4. The lowest BCUT2D eigenvalue weighted by atomic mass is 10.1. The molecule has 1 heterocycles. The van der Waals surface area contributed by atoms with Gasteiger partial charge in [-0.05, 0) is 67.4 Å². The fourth-order valence-electron chi connectivity index (χ4n) is 4.12. The maximum atomic E-state index is 13.6. The fourth-order valence-corrected chi connectivity index (χ4v) is 5.68. The van der Waals surface area contributed by atoms with Crippen molar-refractivity contribution in [2.24, 2.45) is 0 Å². The molecule has 0 bridgehead atoms. The lowest BCUT2D eigenvalue weighted by Gasteiger charge is -2.34. The Morgan fingerprint density at radius 1 is 1.00 bits per heavy atom. The first-order chi connectivity index (χ1) is 18.1. The van der Waals surface area contributed by atoms with E-state index in [1.807, 2.05) is 26.0 Å². The summed E-state index contributed by atoms with van der Waals surface area (Å²) in [6.07, 6.45) is 0. The molecular weight excluding hydrogens is 510 g/mol. The number of urea groups is 1. The van der Waals surface area contributed by atoms with Crippen LogP contribution in [0.3, 0.4) is 0 Å². The summed E-state index contributed by atoms with van der Waals surface area (Å²) in [5.74, 6) is 0.587. The maximum Gasteiger partial charge on any atom is 0.321 e. The number of piperazine rings is 1. The minimum Gasteiger partial charge on any atom is -0.456 e. The summed E-state index contributed by atoms with van der Waals surface area (Å²) in [6, 6.07) is 16.8. The second-order valence-corrected chi connectivity index (χ2v) is 10.7.